The number of ketones is 1. The molecule has 0 spiro atoms. The highest BCUT2D eigenvalue weighted by Gasteiger charge is 2.48. The van der Waals surface area contributed by atoms with Gasteiger partial charge >= 0.3 is 11.9 Å². The smallest absolute Gasteiger partial charge is 0.350 e. The molecule has 0 radical (unpaired) electrons. The van der Waals surface area contributed by atoms with E-state index in [-0.39, 0.29) is 15.6 Å². The molecule has 186 valence electrons. The Morgan fingerprint density at radius 3 is 2.42 bits per heavy atom. The number of esters is 1. The topological polar surface area (TPSA) is 106 Å². The van der Waals surface area contributed by atoms with Crippen molar-refractivity contribution < 1.29 is 33.4 Å². The maximum Gasteiger partial charge on any atom is 0.350 e. The maximum absolute atomic E-state index is 13.7. The van der Waals surface area contributed by atoms with Gasteiger partial charge in [0.05, 0.1) is 31.0 Å². The van der Waals surface area contributed by atoms with Crippen molar-refractivity contribution >= 4 is 39.9 Å². The fraction of sp³-hybridized carbons (Fsp3) is 0.231. The molecule has 36 heavy (non-hydrogen) atoms. The number of carbonyl (C=O) groups excluding carboxylic acids is 3. The van der Waals surface area contributed by atoms with E-state index in [1.54, 1.807) is 31.2 Å². The highest BCUT2D eigenvalue weighted by molar-refractivity contribution is 7.17. The lowest BCUT2D eigenvalue weighted by molar-refractivity contribution is -0.132. The molecule has 1 saturated heterocycles. The SMILES string of the molecule is CCCOc1ccc(/C(O)=C2\C(=O)C(=O)N(c3nc(C)c(C(=O)OC)s3)C2c2ccc(F)cc2)cc1. The lowest BCUT2D eigenvalue weighted by atomic mass is 9.95. The summed E-state index contributed by atoms with van der Waals surface area (Å²) in [7, 11) is 1.23. The van der Waals surface area contributed by atoms with Crippen molar-refractivity contribution in [2.24, 2.45) is 0 Å². The molecule has 0 bridgehead atoms. The first-order valence-corrected chi connectivity index (χ1v) is 11.9. The Morgan fingerprint density at radius 2 is 1.81 bits per heavy atom. The van der Waals surface area contributed by atoms with Crippen LogP contribution in [0.3, 0.4) is 0 Å². The quantitative estimate of drug-likeness (QED) is 0.211. The standard InChI is InChI=1S/C26H23FN2O6S/c1-4-13-35-18-11-7-16(8-12-18)21(30)19-20(15-5-9-17(27)10-6-15)29(24(32)22(19)31)26-28-14(2)23(36-26)25(33)34-3/h5-12,20,30H,4,13H2,1-3H3/b21-19+. The predicted octanol–water partition coefficient (Wildman–Crippen LogP) is 4.79. The first-order valence-electron chi connectivity index (χ1n) is 11.1. The van der Waals surface area contributed by atoms with Crippen molar-refractivity contribution in [1.82, 2.24) is 4.98 Å². The second kappa shape index (κ2) is 10.3. The number of amides is 1. The Balaban J connectivity index is 1.85. The van der Waals surface area contributed by atoms with Crippen molar-refractivity contribution in [2.45, 2.75) is 26.3 Å². The summed E-state index contributed by atoms with van der Waals surface area (Å²) < 4.78 is 24.0. The number of thiazole rings is 1. The lowest BCUT2D eigenvalue weighted by Crippen LogP contribution is -2.29. The normalized spacial score (nSPS) is 16.9. The van der Waals surface area contributed by atoms with E-state index in [0.29, 0.717) is 29.2 Å². The molecule has 1 amide bonds. The van der Waals surface area contributed by atoms with Crippen LogP contribution in [0, 0.1) is 12.7 Å². The van der Waals surface area contributed by atoms with Gasteiger partial charge in [0.25, 0.3) is 5.78 Å². The number of rotatable bonds is 7. The monoisotopic (exact) mass is 510 g/mol. The average molecular weight is 511 g/mol. The van der Waals surface area contributed by atoms with Gasteiger partial charge in [0.2, 0.25) is 0 Å². The zero-order valence-corrected chi connectivity index (χ0v) is 20.6. The molecule has 1 atom stereocenters. The maximum atomic E-state index is 13.7. The van der Waals surface area contributed by atoms with Crippen molar-refractivity contribution in [1.29, 1.82) is 0 Å². The van der Waals surface area contributed by atoms with Crippen LogP contribution in [0.5, 0.6) is 5.75 Å². The number of carbonyl (C=O) groups is 3. The second-order valence-electron chi connectivity index (χ2n) is 8.00. The van der Waals surface area contributed by atoms with E-state index < -0.39 is 35.3 Å². The first-order chi connectivity index (χ1) is 17.3. The van der Waals surface area contributed by atoms with Gasteiger partial charge in [-0.3, -0.25) is 14.5 Å². The second-order valence-corrected chi connectivity index (χ2v) is 8.97. The Morgan fingerprint density at radius 1 is 1.14 bits per heavy atom. The average Bonchev–Trinajstić information content (AvgIpc) is 3.39. The predicted molar refractivity (Wildman–Crippen MR) is 132 cm³/mol. The Hall–Kier alpha value is -4.05. The van der Waals surface area contributed by atoms with Gasteiger partial charge in [0.1, 0.15) is 22.2 Å². The number of Topliss-reactive ketones (excluding diaryl/α,β-unsaturated/α-hetero) is 1. The minimum absolute atomic E-state index is 0.0756. The number of halogens is 1. The number of aromatic nitrogens is 1. The van der Waals surface area contributed by atoms with Crippen molar-refractivity contribution in [2.75, 3.05) is 18.6 Å². The number of ether oxygens (including phenoxy) is 2. The van der Waals surface area contributed by atoms with Gasteiger partial charge in [-0.1, -0.05) is 30.4 Å². The molecule has 2 heterocycles. The number of methoxy groups -OCH3 is 1. The number of aliphatic hydroxyl groups excluding tert-OH is 1. The van der Waals surface area contributed by atoms with Gasteiger partial charge in [-0.05, 0) is 55.3 Å². The van der Waals surface area contributed by atoms with E-state index in [2.05, 4.69) is 4.98 Å². The van der Waals surface area contributed by atoms with E-state index >= 15 is 0 Å². The molecule has 1 aliphatic heterocycles. The van der Waals surface area contributed by atoms with Crippen LogP contribution < -0.4 is 9.64 Å². The number of hydrogen-bond donors (Lipinski definition) is 1. The number of benzene rings is 2. The molecular formula is C26H23FN2O6S. The van der Waals surface area contributed by atoms with Crippen LogP contribution in [0.15, 0.2) is 54.1 Å². The highest BCUT2D eigenvalue weighted by Crippen LogP contribution is 2.44. The third kappa shape index (κ3) is 4.59. The zero-order chi connectivity index (χ0) is 26.0. The number of hydrogen-bond acceptors (Lipinski definition) is 8. The molecule has 1 N–H and O–H groups in total. The number of anilines is 1. The third-order valence-corrected chi connectivity index (χ3v) is 6.73. The number of aliphatic hydroxyl groups is 1. The number of aryl methyl sites for hydroxylation is 1. The molecule has 4 rings (SSSR count). The Bertz CT molecular complexity index is 1350. The molecule has 10 heteroatoms. The van der Waals surface area contributed by atoms with Gasteiger partial charge < -0.3 is 14.6 Å². The van der Waals surface area contributed by atoms with Gasteiger partial charge in [-0.25, -0.2) is 14.2 Å². The molecule has 1 unspecified atom stereocenters. The minimum Gasteiger partial charge on any atom is -0.507 e. The van der Waals surface area contributed by atoms with Gasteiger partial charge in [-0.2, -0.15) is 0 Å². The van der Waals surface area contributed by atoms with Gasteiger partial charge in [0, 0.05) is 5.56 Å². The van der Waals surface area contributed by atoms with Crippen molar-refractivity contribution in [3.63, 3.8) is 0 Å². The van der Waals surface area contributed by atoms with Crippen LogP contribution in [0.2, 0.25) is 0 Å². The molecule has 1 aromatic heterocycles. The Labute approximate surface area is 210 Å². The summed E-state index contributed by atoms with van der Waals surface area (Å²) in [4.78, 5) is 44.2. The van der Waals surface area contributed by atoms with Crippen LogP contribution in [0.25, 0.3) is 5.76 Å². The molecule has 0 aliphatic carbocycles. The summed E-state index contributed by atoms with van der Waals surface area (Å²) >= 11 is 0.888. The van der Waals surface area contributed by atoms with Crippen molar-refractivity contribution in [3.05, 3.63) is 81.6 Å². The van der Waals surface area contributed by atoms with E-state index in [1.165, 1.54) is 31.4 Å². The minimum atomic E-state index is -1.10. The summed E-state index contributed by atoms with van der Waals surface area (Å²) in [5, 5.41) is 11.3. The van der Waals surface area contributed by atoms with E-state index in [0.717, 1.165) is 22.7 Å². The number of nitrogens with zero attached hydrogens (tertiary/aromatic N) is 2. The molecular weight excluding hydrogens is 487 g/mol. The molecule has 1 aliphatic rings. The lowest BCUT2D eigenvalue weighted by Gasteiger charge is -2.23. The van der Waals surface area contributed by atoms with Crippen molar-refractivity contribution in [3.8, 4) is 5.75 Å². The molecule has 1 fully saturated rings. The molecule has 0 saturated carbocycles. The first kappa shape index (κ1) is 25.1. The summed E-state index contributed by atoms with van der Waals surface area (Å²) in [6, 6.07) is 10.6. The van der Waals surface area contributed by atoms with Crippen LogP contribution in [-0.4, -0.2) is 41.5 Å². The van der Waals surface area contributed by atoms with Gasteiger partial charge in [0.15, 0.2) is 5.13 Å². The largest absolute Gasteiger partial charge is 0.507 e. The zero-order valence-electron chi connectivity index (χ0n) is 19.8. The van der Waals surface area contributed by atoms with Crippen LogP contribution >= 0.6 is 11.3 Å². The summed E-state index contributed by atoms with van der Waals surface area (Å²) in [5.74, 6) is -2.79. The molecule has 3 aromatic rings. The summed E-state index contributed by atoms with van der Waals surface area (Å²) in [5.41, 5.74) is 0.827. The van der Waals surface area contributed by atoms with Gasteiger partial charge in [-0.15, -0.1) is 0 Å². The summed E-state index contributed by atoms with van der Waals surface area (Å²) in [6.45, 7) is 4.09. The van der Waals surface area contributed by atoms with Crippen LogP contribution in [0.4, 0.5) is 9.52 Å². The van der Waals surface area contributed by atoms with Crippen LogP contribution in [0.1, 0.15) is 45.9 Å². The molecule has 8 nitrogen and oxygen atoms in total. The molecule has 2 aromatic carbocycles. The fourth-order valence-corrected chi connectivity index (χ4v) is 4.85. The Kier molecular flexibility index (Phi) is 7.16. The van der Waals surface area contributed by atoms with E-state index in [9.17, 15) is 23.9 Å². The highest BCUT2D eigenvalue weighted by atomic mass is 32.1. The van der Waals surface area contributed by atoms with E-state index in [1.807, 2.05) is 6.92 Å². The van der Waals surface area contributed by atoms with E-state index in [4.69, 9.17) is 9.47 Å². The fourth-order valence-electron chi connectivity index (χ4n) is 3.84. The summed E-state index contributed by atoms with van der Waals surface area (Å²) in [6.07, 6.45) is 0.830. The third-order valence-electron chi connectivity index (χ3n) is 5.59. The van der Waals surface area contributed by atoms with Crippen LogP contribution in [-0.2, 0) is 14.3 Å².